The molecule has 0 aliphatic rings. The molecule has 3 rings (SSSR count). The maximum Gasteiger partial charge on any atom is 0.140 e. The summed E-state index contributed by atoms with van der Waals surface area (Å²) in [4.78, 5) is 11.1. The summed E-state index contributed by atoms with van der Waals surface area (Å²) in [7, 11) is 0. The zero-order chi connectivity index (χ0) is 17.2. The van der Waals surface area contributed by atoms with Gasteiger partial charge in [-0.2, -0.15) is 0 Å². The Hall–Kier alpha value is -2.46. The molecule has 0 saturated carbocycles. The average molecular weight is 321 g/mol. The molecule has 3 aromatic rings. The minimum Gasteiger partial charge on any atom is -0.389 e. The van der Waals surface area contributed by atoms with Gasteiger partial charge in [-0.15, -0.1) is 0 Å². The van der Waals surface area contributed by atoms with Gasteiger partial charge in [0.1, 0.15) is 12.1 Å². The van der Waals surface area contributed by atoms with Gasteiger partial charge in [-0.05, 0) is 38.0 Å². The Morgan fingerprint density at radius 3 is 2.46 bits per heavy atom. The quantitative estimate of drug-likeness (QED) is 0.778. The van der Waals surface area contributed by atoms with Crippen molar-refractivity contribution < 1.29 is 5.11 Å². The van der Waals surface area contributed by atoms with Crippen LogP contribution >= 0.6 is 0 Å². The molecule has 0 aliphatic carbocycles. The Kier molecular flexibility index (Phi) is 4.49. The van der Waals surface area contributed by atoms with Crippen molar-refractivity contribution >= 4 is 16.7 Å². The predicted molar refractivity (Wildman–Crippen MR) is 98.1 cm³/mol. The van der Waals surface area contributed by atoms with Crippen molar-refractivity contribution in [2.45, 2.75) is 32.9 Å². The minimum atomic E-state index is -0.825. The van der Waals surface area contributed by atoms with Gasteiger partial charge in [-0.1, -0.05) is 42.5 Å². The first kappa shape index (κ1) is 16.4. The van der Waals surface area contributed by atoms with E-state index in [1.807, 2.05) is 44.2 Å². The highest BCUT2D eigenvalue weighted by Gasteiger charge is 2.22. The molecular weight excluding hydrogens is 298 g/mol. The molecule has 124 valence electrons. The molecule has 0 radical (unpaired) electrons. The molecule has 0 spiro atoms. The van der Waals surface area contributed by atoms with Crippen molar-refractivity contribution in [3.8, 4) is 0 Å². The molecule has 0 unspecified atom stereocenters. The van der Waals surface area contributed by atoms with Crippen LogP contribution < -0.4 is 4.90 Å². The van der Waals surface area contributed by atoms with E-state index < -0.39 is 5.60 Å². The number of aryl methyl sites for hydroxylation is 1. The highest BCUT2D eigenvalue weighted by Crippen LogP contribution is 2.28. The number of nitrogens with zero attached hydrogens (tertiary/aromatic N) is 3. The molecule has 0 fully saturated rings. The molecule has 0 aliphatic heterocycles. The fraction of sp³-hybridized carbons (Fsp3) is 0.300. The lowest BCUT2D eigenvalue weighted by atomic mass is 10.1. The Bertz CT molecular complexity index is 820. The van der Waals surface area contributed by atoms with Crippen molar-refractivity contribution in [3.05, 3.63) is 66.0 Å². The Morgan fingerprint density at radius 2 is 1.75 bits per heavy atom. The molecule has 4 nitrogen and oxygen atoms in total. The predicted octanol–water partition coefficient (Wildman–Crippen LogP) is 3.72. The van der Waals surface area contributed by atoms with Gasteiger partial charge in [-0.25, -0.2) is 9.97 Å². The van der Waals surface area contributed by atoms with Crippen LogP contribution in [0.15, 0.2) is 54.9 Å². The van der Waals surface area contributed by atoms with Gasteiger partial charge < -0.3 is 10.0 Å². The molecule has 1 N–H and O–H groups in total. The molecule has 0 bridgehead atoms. The highest BCUT2D eigenvalue weighted by molar-refractivity contribution is 5.92. The van der Waals surface area contributed by atoms with Gasteiger partial charge in [-0.3, -0.25) is 0 Å². The fourth-order valence-electron chi connectivity index (χ4n) is 2.98. The first-order valence-electron chi connectivity index (χ1n) is 8.16. The van der Waals surface area contributed by atoms with Crippen LogP contribution in [0, 0.1) is 6.92 Å². The van der Waals surface area contributed by atoms with E-state index in [-0.39, 0.29) is 0 Å². The van der Waals surface area contributed by atoms with E-state index in [9.17, 15) is 5.11 Å². The third kappa shape index (κ3) is 3.71. The molecule has 1 aromatic heterocycles. The van der Waals surface area contributed by atoms with E-state index in [1.165, 1.54) is 5.56 Å². The number of fused-ring (bicyclic) bond motifs is 1. The van der Waals surface area contributed by atoms with Crippen LogP contribution in [0.1, 0.15) is 25.0 Å². The molecule has 0 atom stereocenters. The summed E-state index contributed by atoms with van der Waals surface area (Å²) in [6.07, 6.45) is 1.60. The van der Waals surface area contributed by atoms with Gasteiger partial charge in [0, 0.05) is 18.5 Å². The van der Waals surface area contributed by atoms with Crippen LogP contribution in [0.2, 0.25) is 0 Å². The number of rotatable bonds is 5. The fourth-order valence-corrected chi connectivity index (χ4v) is 2.98. The third-order valence-electron chi connectivity index (χ3n) is 3.94. The summed E-state index contributed by atoms with van der Waals surface area (Å²) < 4.78 is 0. The lowest BCUT2D eigenvalue weighted by Gasteiger charge is -2.31. The van der Waals surface area contributed by atoms with E-state index in [1.54, 1.807) is 6.33 Å². The van der Waals surface area contributed by atoms with E-state index in [2.05, 4.69) is 40.0 Å². The molecule has 2 aromatic carbocycles. The monoisotopic (exact) mass is 321 g/mol. The Labute approximate surface area is 142 Å². The molecule has 4 heteroatoms. The first-order valence-corrected chi connectivity index (χ1v) is 8.16. The van der Waals surface area contributed by atoms with Crippen molar-refractivity contribution in [2.75, 3.05) is 11.4 Å². The van der Waals surface area contributed by atoms with Gasteiger partial charge >= 0.3 is 0 Å². The smallest absolute Gasteiger partial charge is 0.140 e. The summed E-state index contributed by atoms with van der Waals surface area (Å²) >= 11 is 0. The maximum atomic E-state index is 10.4. The van der Waals surface area contributed by atoms with E-state index >= 15 is 0 Å². The normalized spacial score (nSPS) is 11.7. The van der Waals surface area contributed by atoms with Crippen LogP contribution in [-0.4, -0.2) is 27.2 Å². The van der Waals surface area contributed by atoms with E-state index in [0.717, 1.165) is 22.3 Å². The second-order valence-electron chi connectivity index (χ2n) is 6.82. The van der Waals surface area contributed by atoms with E-state index in [4.69, 9.17) is 0 Å². The number of hydrogen-bond donors (Lipinski definition) is 1. The molecular formula is C20H23N3O. The third-order valence-corrected chi connectivity index (χ3v) is 3.94. The lowest BCUT2D eigenvalue weighted by Crippen LogP contribution is -2.39. The second-order valence-corrected chi connectivity index (χ2v) is 6.82. The Balaban J connectivity index is 2.08. The van der Waals surface area contributed by atoms with Crippen LogP contribution in [0.5, 0.6) is 0 Å². The number of benzene rings is 2. The molecule has 0 amide bonds. The van der Waals surface area contributed by atoms with Crippen molar-refractivity contribution in [1.82, 2.24) is 9.97 Å². The maximum absolute atomic E-state index is 10.4. The Morgan fingerprint density at radius 1 is 1.00 bits per heavy atom. The van der Waals surface area contributed by atoms with Gasteiger partial charge in [0.2, 0.25) is 0 Å². The van der Waals surface area contributed by atoms with Crippen molar-refractivity contribution in [3.63, 3.8) is 0 Å². The lowest BCUT2D eigenvalue weighted by molar-refractivity contribution is 0.0868. The summed E-state index contributed by atoms with van der Waals surface area (Å²) in [5, 5.41) is 11.4. The first-order chi connectivity index (χ1) is 11.4. The van der Waals surface area contributed by atoms with Crippen LogP contribution in [0.25, 0.3) is 10.9 Å². The summed E-state index contributed by atoms with van der Waals surface area (Å²) in [5.74, 6) is 0.865. The zero-order valence-corrected chi connectivity index (χ0v) is 14.4. The summed E-state index contributed by atoms with van der Waals surface area (Å²) in [6.45, 7) is 6.88. The summed E-state index contributed by atoms with van der Waals surface area (Å²) in [6, 6.07) is 16.3. The zero-order valence-electron chi connectivity index (χ0n) is 14.4. The number of aromatic nitrogens is 2. The number of aliphatic hydroxyl groups is 1. The molecule has 1 heterocycles. The van der Waals surface area contributed by atoms with Crippen molar-refractivity contribution in [1.29, 1.82) is 0 Å². The minimum absolute atomic E-state index is 0.488. The highest BCUT2D eigenvalue weighted by atomic mass is 16.3. The van der Waals surface area contributed by atoms with Crippen molar-refractivity contribution in [2.24, 2.45) is 0 Å². The summed E-state index contributed by atoms with van der Waals surface area (Å²) in [5.41, 5.74) is 2.42. The SMILES string of the molecule is Cc1cccc2ncnc(N(Cc3ccccc3)CC(C)(C)O)c12. The van der Waals surface area contributed by atoms with Gasteiger partial charge in [0.15, 0.2) is 0 Å². The second kappa shape index (κ2) is 6.57. The van der Waals surface area contributed by atoms with E-state index in [0.29, 0.717) is 13.1 Å². The van der Waals surface area contributed by atoms with Gasteiger partial charge in [0.05, 0.1) is 11.1 Å². The molecule has 24 heavy (non-hydrogen) atoms. The topological polar surface area (TPSA) is 49.2 Å². The number of hydrogen-bond acceptors (Lipinski definition) is 4. The molecule has 0 saturated heterocycles. The van der Waals surface area contributed by atoms with Crippen LogP contribution in [-0.2, 0) is 6.54 Å². The van der Waals surface area contributed by atoms with Crippen LogP contribution in [0.3, 0.4) is 0 Å². The number of anilines is 1. The average Bonchev–Trinajstić information content (AvgIpc) is 2.54. The van der Waals surface area contributed by atoms with Crippen LogP contribution in [0.4, 0.5) is 5.82 Å². The standard InChI is InChI=1S/C20H23N3O/c1-15-8-7-11-17-18(15)19(22-14-21-17)23(13-20(2,3)24)12-16-9-5-4-6-10-16/h4-11,14,24H,12-13H2,1-3H3. The largest absolute Gasteiger partial charge is 0.389 e. The van der Waals surface area contributed by atoms with Gasteiger partial charge in [0.25, 0.3) is 0 Å².